The van der Waals surface area contributed by atoms with E-state index in [1.54, 1.807) is 19.2 Å². The number of nitrogens with zero attached hydrogens (tertiary/aromatic N) is 1. The maximum atomic E-state index is 11.7. The number of methoxy groups -OCH3 is 1. The predicted molar refractivity (Wildman–Crippen MR) is 56.9 cm³/mol. The van der Waals surface area contributed by atoms with Gasteiger partial charge >= 0.3 is 5.97 Å². The number of ether oxygens (including phenoxy) is 1. The zero-order valence-electron chi connectivity index (χ0n) is 9.43. The number of furan rings is 1. The van der Waals surface area contributed by atoms with E-state index in [1.165, 1.54) is 18.3 Å². The Morgan fingerprint density at radius 2 is 2.25 bits per heavy atom. The van der Waals surface area contributed by atoms with Crippen LogP contribution in [0.25, 0.3) is 0 Å². The standard InChI is InChI=1S/C11H15NO4/c1-12(7-3-6-10(13)15-2)11(14)9-5-4-8-16-9/h4-5,8H,3,6-7H2,1-2H3. The summed E-state index contributed by atoms with van der Waals surface area (Å²) in [6.07, 6.45) is 2.34. The molecule has 0 bridgehead atoms. The molecule has 0 aromatic carbocycles. The molecule has 0 aliphatic rings. The Morgan fingerprint density at radius 3 is 2.81 bits per heavy atom. The smallest absolute Gasteiger partial charge is 0.305 e. The topological polar surface area (TPSA) is 59.8 Å². The maximum absolute atomic E-state index is 11.7. The molecule has 0 spiro atoms. The van der Waals surface area contributed by atoms with Crippen molar-refractivity contribution in [2.75, 3.05) is 20.7 Å². The Bertz CT molecular complexity index is 345. The minimum atomic E-state index is -0.265. The second kappa shape index (κ2) is 5.95. The van der Waals surface area contributed by atoms with Gasteiger partial charge in [0.15, 0.2) is 5.76 Å². The third kappa shape index (κ3) is 3.42. The van der Waals surface area contributed by atoms with Gasteiger partial charge in [0.05, 0.1) is 13.4 Å². The number of hydrogen-bond acceptors (Lipinski definition) is 4. The number of esters is 1. The summed E-state index contributed by atoms with van der Waals surface area (Å²) in [5.74, 6) is -0.144. The largest absolute Gasteiger partial charge is 0.469 e. The van der Waals surface area contributed by atoms with Gasteiger partial charge < -0.3 is 14.1 Å². The van der Waals surface area contributed by atoms with Gasteiger partial charge in [-0.25, -0.2) is 0 Å². The number of amides is 1. The summed E-state index contributed by atoms with van der Waals surface area (Å²) in [5, 5.41) is 0. The van der Waals surface area contributed by atoms with E-state index in [-0.39, 0.29) is 11.9 Å². The first-order valence-corrected chi connectivity index (χ1v) is 5.01. The van der Waals surface area contributed by atoms with E-state index in [0.717, 1.165) is 0 Å². The quantitative estimate of drug-likeness (QED) is 0.709. The van der Waals surface area contributed by atoms with Crippen LogP contribution >= 0.6 is 0 Å². The molecule has 0 aliphatic heterocycles. The van der Waals surface area contributed by atoms with Crippen LogP contribution in [-0.2, 0) is 9.53 Å². The summed E-state index contributed by atoms with van der Waals surface area (Å²) in [6.45, 7) is 0.495. The van der Waals surface area contributed by atoms with Gasteiger partial charge in [-0.3, -0.25) is 9.59 Å². The summed E-state index contributed by atoms with van der Waals surface area (Å²) < 4.78 is 9.49. The third-order valence-electron chi connectivity index (χ3n) is 2.18. The predicted octanol–water partition coefficient (Wildman–Crippen LogP) is 1.30. The molecule has 1 aromatic heterocycles. The molecule has 0 aliphatic carbocycles. The Balaban J connectivity index is 2.33. The van der Waals surface area contributed by atoms with E-state index >= 15 is 0 Å². The van der Waals surface area contributed by atoms with Crippen molar-refractivity contribution in [2.45, 2.75) is 12.8 Å². The molecular formula is C11H15NO4. The molecule has 0 unspecified atom stereocenters. The fourth-order valence-electron chi connectivity index (χ4n) is 1.25. The zero-order chi connectivity index (χ0) is 12.0. The molecule has 0 N–H and O–H groups in total. The Labute approximate surface area is 94.0 Å². The molecule has 5 heteroatoms. The van der Waals surface area contributed by atoms with Crippen molar-refractivity contribution in [3.63, 3.8) is 0 Å². The van der Waals surface area contributed by atoms with Crippen LogP contribution in [0.5, 0.6) is 0 Å². The first-order valence-electron chi connectivity index (χ1n) is 5.01. The Morgan fingerprint density at radius 1 is 1.50 bits per heavy atom. The SMILES string of the molecule is COC(=O)CCCN(C)C(=O)c1ccco1. The van der Waals surface area contributed by atoms with Crippen molar-refractivity contribution in [1.29, 1.82) is 0 Å². The van der Waals surface area contributed by atoms with E-state index in [0.29, 0.717) is 25.1 Å². The van der Waals surface area contributed by atoms with Gasteiger partial charge in [0.25, 0.3) is 5.91 Å². The molecule has 88 valence electrons. The molecule has 16 heavy (non-hydrogen) atoms. The van der Waals surface area contributed by atoms with Crippen LogP contribution in [0.15, 0.2) is 22.8 Å². The third-order valence-corrected chi connectivity index (χ3v) is 2.18. The van der Waals surface area contributed by atoms with Gasteiger partial charge in [-0.05, 0) is 18.6 Å². The average molecular weight is 225 g/mol. The molecule has 0 radical (unpaired) electrons. The monoisotopic (exact) mass is 225 g/mol. The first kappa shape index (κ1) is 12.3. The lowest BCUT2D eigenvalue weighted by Crippen LogP contribution is -2.27. The summed E-state index contributed by atoms with van der Waals surface area (Å²) in [5.41, 5.74) is 0. The Hall–Kier alpha value is -1.78. The van der Waals surface area contributed by atoms with Crippen LogP contribution in [0, 0.1) is 0 Å². The molecule has 0 fully saturated rings. The highest BCUT2D eigenvalue weighted by molar-refractivity contribution is 5.91. The highest BCUT2D eigenvalue weighted by Crippen LogP contribution is 2.05. The fraction of sp³-hybridized carbons (Fsp3) is 0.455. The molecule has 0 saturated heterocycles. The van der Waals surface area contributed by atoms with E-state index in [4.69, 9.17) is 4.42 Å². The molecule has 1 aromatic rings. The van der Waals surface area contributed by atoms with E-state index in [2.05, 4.69) is 4.74 Å². The highest BCUT2D eigenvalue weighted by Gasteiger charge is 2.14. The van der Waals surface area contributed by atoms with Crippen molar-refractivity contribution >= 4 is 11.9 Å². The van der Waals surface area contributed by atoms with Crippen LogP contribution in [-0.4, -0.2) is 37.5 Å². The normalized spacial score (nSPS) is 9.88. The summed E-state index contributed by atoms with van der Waals surface area (Å²) in [7, 11) is 3.02. The van der Waals surface area contributed by atoms with Gasteiger partial charge in [-0.15, -0.1) is 0 Å². The van der Waals surface area contributed by atoms with Gasteiger partial charge in [0.1, 0.15) is 0 Å². The van der Waals surface area contributed by atoms with Crippen LogP contribution in [0.1, 0.15) is 23.4 Å². The van der Waals surface area contributed by atoms with Crippen molar-refractivity contribution in [1.82, 2.24) is 4.90 Å². The lowest BCUT2D eigenvalue weighted by molar-refractivity contribution is -0.140. The first-order chi connectivity index (χ1) is 7.65. The van der Waals surface area contributed by atoms with Crippen molar-refractivity contribution < 1.29 is 18.7 Å². The zero-order valence-corrected chi connectivity index (χ0v) is 9.43. The lowest BCUT2D eigenvalue weighted by atomic mass is 10.3. The van der Waals surface area contributed by atoms with Crippen LogP contribution < -0.4 is 0 Å². The average Bonchev–Trinajstić information content (AvgIpc) is 2.81. The molecule has 1 heterocycles. The van der Waals surface area contributed by atoms with Crippen molar-refractivity contribution in [3.05, 3.63) is 24.2 Å². The summed E-state index contributed by atoms with van der Waals surface area (Å²) >= 11 is 0. The van der Waals surface area contributed by atoms with E-state index < -0.39 is 0 Å². The number of carbonyl (C=O) groups excluding carboxylic acids is 2. The van der Waals surface area contributed by atoms with Gasteiger partial charge in [-0.1, -0.05) is 0 Å². The maximum Gasteiger partial charge on any atom is 0.305 e. The van der Waals surface area contributed by atoms with E-state index in [1.807, 2.05) is 0 Å². The van der Waals surface area contributed by atoms with Crippen molar-refractivity contribution in [3.8, 4) is 0 Å². The molecule has 0 atom stereocenters. The summed E-state index contributed by atoms with van der Waals surface area (Å²) in [4.78, 5) is 24.0. The highest BCUT2D eigenvalue weighted by atomic mass is 16.5. The number of hydrogen-bond donors (Lipinski definition) is 0. The fourth-order valence-corrected chi connectivity index (χ4v) is 1.25. The van der Waals surface area contributed by atoms with E-state index in [9.17, 15) is 9.59 Å². The van der Waals surface area contributed by atoms with Crippen molar-refractivity contribution in [2.24, 2.45) is 0 Å². The molecule has 1 rings (SSSR count). The minimum absolute atomic E-state index is 0.185. The van der Waals surface area contributed by atoms with Crippen LogP contribution in [0.2, 0.25) is 0 Å². The van der Waals surface area contributed by atoms with Gasteiger partial charge in [0, 0.05) is 20.0 Å². The molecule has 5 nitrogen and oxygen atoms in total. The van der Waals surface area contributed by atoms with Gasteiger partial charge in [0.2, 0.25) is 0 Å². The lowest BCUT2D eigenvalue weighted by Gasteiger charge is -2.14. The Kier molecular flexibility index (Phi) is 4.57. The number of carbonyl (C=O) groups is 2. The van der Waals surface area contributed by atoms with Gasteiger partial charge in [-0.2, -0.15) is 0 Å². The van der Waals surface area contributed by atoms with Crippen LogP contribution in [0.3, 0.4) is 0 Å². The molecular weight excluding hydrogens is 210 g/mol. The summed E-state index contributed by atoms with van der Waals surface area (Å²) in [6, 6.07) is 3.27. The number of rotatable bonds is 5. The second-order valence-corrected chi connectivity index (χ2v) is 3.38. The second-order valence-electron chi connectivity index (χ2n) is 3.38. The van der Waals surface area contributed by atoms with Crippen LogP contribution in [0.4, 0.5) is 0 Å². The minimum Gasteiger partial charge on any atom is -0.469 e. The molecule has 1 amide bonds. The molecule has 0 saturated carbocycles.